The molecule has 2 rings (SSSR count). The number of nitrogens with zero attached hydrogens (tertiary/aromatic N) is 1. The number of esters is 1. The molecule has 0 aliphatic carbocycles. The number of piperidine rings is 1. The van der Waals surface area contributed by atoms with Gasteiger partial charge in [-0.2, -0.15) is 0 Å². The van der Waals surface area contributed by atoms with Gasteiger partial charge in [0, 0.05) is 19.2 Å². The van der Waals surface area contributed by atoms with Crippen molar-refractivity contribution < 1.29 is 19.1 Å². The minimum atomic E-state index is -0.232. The fourth-order valence-electron chi connectivity index (χ4n) is 3.32. The smallest absolute Gasteiger partial charge is 0.307 e. The maximum Gasteiger partial charge on any atom is 0.307 e. The van der Waals surface area contributed by atoms with Crippen LogP contribution in [-0.2, 0) is 19.1 Å². The second-order valence-electron chi connectivity index (χ2n) is 5.67. The van der Waals surface area contributed by atoms with Crippen LogP contribution in [0.2, 0.25) is 0 Å². The molecule has 0 aromatic carbocycles. The molecule has 2 aliphatic heterocycles. The zero-order chi connectivity index (χ0) is 14.5. The van der Waals surface area contributed by atoms with Crippen LogP contribution >= 0.6 is 0 Å². The monoisotopic (exact) mass is 283 g/mol. The number of likely N-dealkylation sites (tertiary alicyclic amines) is 1. The molecule has 3 unspecified atom stereocenters. The van der Waals surface area contributed by atoms with Gasteiger partial charge in [0.2, 0.25) is 5.91 Å². The molecule has 3 atom stereocenters. The third-order valence-electron chi connectivity index (χ3n) is 4.47. The number of amides is 1. The van der Waals surface area contributed by atoms with Crippen LogP contribution < -0.4 is 0 Å². The number of hydrogen-bond acceptors (Lipinski definition) is 4. The molecule has 1 amide bonds. The Morgan fingerprint density at radius 1 is 1.30 bits per heavy atom. The molecule has 2 heterocycles. The Morgan fingerprint density at radius 3 is 2.80 bits per heavy atom. The van der Waals surface area contributed by atoms with Gasteiger partial charge in [-0.25, -0.2) is 0 Å². The standard InChI is InChI=1S/C15H25NO4/c1-3-13-12(7-9-20-13)15(18)16-8-5-4-6-11(16)10-14(17)19-2/h11-13H,3-10H2,1-2H3. The van der Waals surface area contributed by atoms with Crippen molar-refractivity contribution in [3.63, 3.8) is 0 Å². The normalized spacial score (nSPS) is 30.3. The Bertz CT molecular complexity index is 358. The van der Waals surface area contributed by atoms with Crippen LogP contribution in [0, 0.1) is 5.92 Å². The first-order valence-corrected chi connectivity index (χ1v) is 7.66. The predicted molar refractivity (Wildman–Crippen MR) is 74.1 cm³/mol. The first kappa shape index (κ1) is 15.3. The average molecular weight is 283 g/mol. The van der Waals surface area contributed by atoms with Crippen LogP contribution in [-0.4, -0.2) is 49.2 Å². The van der Waals surface area contributed by atoms with Gasteiger partial charge in [-0.3, -0.25) is 9.59 Å². The van der Waals surface area contributed by atoms with Gasteiger partial charge in [0.05, 0.1) is 25.6 Å². The molecule has 2 saturated heterocycles. The van der Waals surface area contributed by atoms with Gasteiger partial charge in [0.25, 0.3) is 0 Å². The lowest BCUT2D eigenvalue weighted by Crippen LogP contribution is -2.48. The van der Waals surface area contributed by atoms with E-state index in [1.165, 1.54) is 7.11 Å². The lowest BCUT2D eigenvalue weighted by Gasteiger charge is -2.37. The summed E-state index contributed by atoms with van der Waals surface area (Å²) in [6.45, 7) is 3.48. The van der Waals surface area contributed by atoms with E-state index in [2.05, 4.69) is 6.92 Å². The van der Waals surface area contributed by atoms with E-state index in [1.807, 2.05) is 4.90 Å². The molecule has 0 radical (unpaired) electrons. The van der Waals surface area contributed by atoms with Crippen LogP contribution in [0.25, 0.3) is 0 Å². The molecule has 5 heteroatoms. The molecule has 0 bridgehead atoms. The summed E-state index contributed by atoms with van der Waals surface area (Å²) in [5.74, 6) is -0.0920. The van der Waals surface area contributed by atoms with Crippen LogP contribution in [0.1, 0.15) is 45.4 Å². The van der Waals surface area contributed by atoms with Crippen molar-refractivity contribution in [3.05, 3.63) is 0 Å². The number of rotatable bonds is 4. The molecular formula is C15H25NO4. The Labute approximate surface area is 120 Å². The van der Waals surface area contributed by atoms with E-state index >= 15 is 0 Å². The van der Waals surface area contributed by atoms with Crippen molar-refractivity contribution >= 4 is 11.9 Å². The number of methoxy groups -OCH3 is 1. The van der Waals surface area contributed by atoms with Crippen LogP contribution in [0.5, 0.6) is 0 Å². The maximum absolute atomic E-state index is 12.7. The largest absolute Gasteiger partial charge is 0.469 e. The summed E-state index contributed by atoms with van der Waals surface area (Å²) < 4.78 is 10.4. The number of hydrogen-bond donors (Lipinski definition) is 0. The molecule has 2 fully saturated rings. The molecule has 20 heavy (non-hydrogen) atoms. The van der Waals surface area contributed by atoms with Gasteiger partial charge < -0.3 is 14.4 Å². The fraction of sp³-hybridized carbons (Fsp3) is 0.867. The van der Waals surface area contributed by atoms with Gasteiger partial charge in [0.1, 0.15) is 0 Å². The zero-order valence-corrected chi connectivity index (χ0v) is 12.5. The fourth-order valence-corrected chi connectivity index (χ4v) is 3.32. The molecule has 2 aliphatic rings. The van der Waals surface area contributed by atoms with E-state index in [1.54, 1.807) is 0 Å². The van der Waals surface area contributed by atoms with Crippen LogP contribution in [0.3, 0.4) is 0 Å². The molecule has 0 N–H and O–H groups in total. The maximum atomic E-state index is 12.7. The highest BCUT2D eigenvalue weighted by Gasteiger charge is 2.38. The Balaban J connectivity index is 2.03. The van der Waals surface area contributed by atoms with E-state index in [0.717, 1.165) is 38.6 Å². The number of carbonyl (C=O) groups is 2. The highest BCUT2D eigenvalue weighted by molar-refractivity contribution is 5.81. The van der Waals surface area contributed by atoms with Gasteiger partial charge >= 0.3 is 5.97 Å². The quantitative estimate of drug-likeness (QED) is 0.738. The van der Waals surface area contributed by atoms with Gasteiger partial charge in [-0.15, -0.1) is 0 Å². The van der Waals surface area contributed by atoms with Gasteiger partial charge in [0.15, 0.2) is 0 Å². The second-order valence-corrected chi connectivity index (χ2v) is 5.67. The first-order chi connectivity index (χ1) is 9.67. The van der Waals surface area contributed by atoms with E-state index < -0.39 is 0 Å². The molecule has 5 nitrogen and oxygen atoms in total. The van der Waals surface area contributed by atoms with Gasteiger partial charge in [-0.05, 0) is 32.1 Å². The highest BCUT2D eigenvalue weighted by atomic mass is 16.5. The summed E-state index contributed by atoms with van der Waals surface area (Å²) >= 11 is 0. The summed E-state index contributed by atoms with van der Waals surface area (Å²) in [4.78, 5) is 26.2. The van der Waals surface area contributed by atoms with Crippen LogP contribution in [0.15, 0.2) is 0 Å². The lowest BCUT2D eigenvalue weighted by molar-refractivity contribution is -0.146. The Kier molecular flexibility index (Phi) is 5.40. The first-order valence-electron chi connectivity index (χ1n) is 7.66. The minimum Gasteiger partial charge on any atom is -0.469 e. The summed E-state index contributed by atoms with van der Waals surface area (Å²) in [5.41, 5.74) is 0. The summed E-state index contributed by atoms with van der Waals surface area (Å²) in [6, 6.07) is 0.00167. The van der Waals surface area contributed by atoms with Crippen molar-refractivity contribution in [1.29, 1.82) is 0 Å². The SMILES string of the molecule is CCC1OCCC1C(=O)N1CCCCC1CC(=O)OC. The Morgan fingerprint density at radius 2 is 2.10 bits per heavy atom. The lowest BCUT2D eigenvalue weighted by atomic mass is 9.93. The van der Waals surface area contributed by atoms with Crippen LogP contribution in [0.4, 0.5) is 0 Å². The molecule has 114 valence electrons. The van der Waals surface area contributed by atoms with E-state index in [-0.39, 0.29) is 29.9 Å². The van der Waals surface area contributed by atoms with E-state index in [9.17, 15) is 9.59 Å². The third kappa shape index (κ3) is 3.32. The second kappa shape index (κ2) is 7.07. The third-order valence-corrected chi connectivity index (χ3v) is 4.47. The summed E-state index contributed by atoms with van der Waals surface area (Å²) in [7, 11) is 1.40. The van der Waals surface area contributed by atoms with Crippen molar-refractivity contribution in [2.75, 3.05) is 20.3 Å². The molecule has 0 aromatic rings. The van der Waals surface area contributed by atoms with E-state index in [0.29, 0.717) is 13.0 Å². The summed E-state index contributed by atoms with van der Waals surface area (Å²) in [6.07, 6.45) is 5.02. The molecule has 0 spiro atoms. The molecular weight excluding hydrogens is 258 g/mol. The van der Waals surface area contributed by atoms with Crippen molar-refractivity contribution in [1.82, 2.24) is 4.90 Å². The molecule has 0 aromatic heterocycles. The van der Waals surface area contributed by atoms with Gasteiger partial charge in [-0.1, -0.05) is 6.92 Å². The van der Waals surface area contributed by atoms with Crippen molar-refractivity contribution in [3.8, 4) is 0 Å². The van der Waals surface area contributed by atoms with Crippen molar-refractivity contribution in [2.24, 2.45) is 5.92 Å². The average Bonchev–Trinajstić information content (AvgIpc) is 2.95. The predicted octanol–water partition coefficient (Wildman–Crippen LogP) is 1.75. The van der Waals surface area contributed by atoms with Crippen molar-refractivity contribution in [2.45, 2.75) is 57.6 Å². The highest BCUT2D eigenvalue weighted by Crippen LogP contribution is 2.29. The Hall–Kier alpha value is -1.10. The topological polar surface area (TPSA) is 55.8 Å². The zero-order valence-electron chi connectivity index (χ0n) is 12.5. The number of ether oxygens (including phenoxy) is 2. The van der Waals surface area contributed by atoms with E-state index in [4.69, 9.17) is 9.47 Å². The number of carbonyl (C=O) groups excluding carboxylic acids is 2. The minimum absolute atomic E-state index is 0.00167. The summed E-state index contributed by atoms with van der Waals surface area (Å²) in [5, 5.41) is 0. The molecule has 0 saturated carbocycles.